The van der Waals surface area contributed by atoms with Gasteiger partial charge >= 0.3 is 39.5 Å². The molecule has 4 unspecified atom stereocenters. The number of unbranched alkanes of at least 4 members (excludes halogenated alkanes) is 35. The molecule has 0 aromatic heterocycles. The van der Waals surface area contributed by atoms with Gasteiger partial charge in [-0.3, -0.25) is 37.3 Å². The van der Waals surface area contributed by atoms with E-state index >= 15 is 0 Å². The number of phosphoric acid groups is 2. The first-order chi connectivity index (χ1) is 44.1. The lowest BCUT2D eigenvalue weighted by Crippen LogP contribution is -2.30. The molecule has 3 N–H and O–H groups in total. The maximum Gasteiger partial charge on any atom is 0.472 e. The Hall–Kier alpha value is -1.94. The summed E-state index contributed by atoms with van der Waals surface area (Å²) in [5, 5.41) is 10.6. The molecule has 0 aliphatic heterocycles. The molecule has 546 valence electrons. The second-order valence-electron chi connectivity index (χ2n) is 28.0. The fourth-order valence-electron chi connectivity index (χ4n) is 11.0. The quantitative estimate of drug-likeness (QED) is 0.0222. The monoisotopic (exact) mass is 1350 g/mol. The van der Waals surface area contributed by atoms with Gasteiger partial charge in [0, 0.05) is 25.7 Å². The molecule has 0 spiro atoms. The van der Waals surface area contributed by atoms with Crippen LogP contribution in [0.15, 0.2) is 0 Å². The van der Waals surface area contributed by atoms with Crippen LogP contribution in [0.5, 0.6) is 0 Å². The first-order valence-electron chi connectivity index (χ1n) is 37.7. The summed E-state index contributed by atoms with van der Waals surface area (Å²) in [4.78, 5) is 72.7. The molecule has 0 rings (SSSR count). The number of rotatable bonds is 70. The highest BCUT2D eigenvalue weighted by Crippen LogP contribution is 2.45. The molecular formula is C73H142O17P2. The lowest BCUT2D eigenvalue weighted by molar-refractivity contribution is -0.161. The van der Waals surface area contributed by atoms with Crippen LogP contribution in [0.25, 0.3) is 0 Å². The van der Waals surface area contributed by atoms with E-state index in [2.05, 4.69) is 55.4 Å². The van der Waals surface area contributed by atoms with E-state index in [1.807, 2.05) is 0 Å². The fourth-order valence-corrected chi connectivity index (χ4v) is 12.6. The summed E-state index contributed by atoms with van der Waals surface area (Å²) in [6, 6.07) is 0. The molecule has 6 atom stereocenters. The fraction of sp³-hybridized carbons (Fsp3) is 0.945. The normalized spacial score (nSPS) is 14.5. The second-order valence-corrected chi connectivity index (χ2v) is 30.9. The van der Waals surface area contributed by atoms with Gasteiger partial charge in [-0.05, 0) is 49.4 Å². The van der Waals surface area contributed by atoms with Crippen LogP contribution < -0.4 is 0 Å². The molecule has 0 saturated carbocycles. The maximum absolute atomic E-state index is 13.1. The molecule has 17 nitrogen and oxygen atoms in total. The van der Waals surface area contributed by atoms with Gasteiger partial charge in [-0.25, -0.2) is 9.13 Å². The molecule has 92 heavy (non-hydrogen) atoms. The average molecular weight is 1350 g/mol. The maximum atomic E-state index is 13.1. The number of aliphatic hydroxyl groups is 1. The van der Waals surface area contributed by atoms with E-state index in [0.29, 0.717) is 31.6 Å². The number of ether oxygens (including phenoxy) is 4. The Morgan fingerprint density at radius 2 is 0.522 bits per heavy atom. The predicted octanol–water partition coefficient (Wildman–Crippen LogP) is 20.9. The van der Waals surface area contributed by atoms with Crippen molar-refractivity contribution in [2.24, 2.45) is 23.7 Å². The van der Waals surface area contributed by atoms with Crippen LogP contribution in [0.2, 0.25) is 0 Å². The number of esters is 4. The molecule has 0 saturated heterocycles. The van der Waals surface area contributed by atoms with Gasteiger partial charge in [-0.15, -0.1) is 0 Å². The third kappa shape index (κ3) is 65.4. The lowest BCUT2D eigenvalue weighted by atomic mass is 9.99. The number of carbonyl (C=O) groups excluding carboxylic acids is 4. The van der Waals surface area contributed by atoms with Crippen molar-refractivity contribution in [3.05, 3.63) is 0 Å². The van der Waals surface area contributed by atoms with Crippen molar-refractivity contribution in [1.29, 1.82) is 0 Å². The Labute approximate surface area is 562 Å². The van der Waals surface area contributed by atoms with Crippen LogP contribution in [0.1, 0.15) is 364 Å². The van der Waals surface area contributed by atoms with E-state index in [0.717, 1.165) is 114 Å². The standard InChI is InChI=1S/C73H142O17P2/c1-9-66(8)52-44-36-28-20-15-17-23-31-40-48-56-73(78)89-68(59-83-70(75)53-45-37-29-21-13-11-10-12-18-25-33-41-49-63(2)3)61-87-91(79,80)85-57-67(74)58-86-92(81,82)88-62-69(60-84-71(76)54-46-38-32-24-27-35-43-51-65(6)7)90-72(77)55-47-39-30-22-16-14-19-26-34-42-50-64(4)5/h63-69,74H,9-62H2,1-8H3,(H,79,80)(H,81,82)/t66?,67?,68-,69-/m1/s1. The van der Waals surface area contributed by atoms with E-state index < -0.39 is 97.5 Å². The number of aliphatic hydroxyl groups excluding tert-OH is 1. The van der Waals surface area contributed by atoms with Crippen molar-refractivity contribution in [2.45, 2.75) is 382 Å². The number of phosphoric ester groups is 2. The van der Waals surface area contributed by atoms with E-state index in [9.17, 15) is 43.2 Å². The summed E-state index contributed by atoms with van der Waals surface area (Å²) in [5.74, 6) is 0.917. The molecule has 0 aromatic carbocycles. The van der Waals surface area contributed by atoms with Crippen molar-refractivity contribution < 1.29 is 80.2 Å². The highest BCUT2D eigenvalue weighted by molar-refractivity contribution is 7.47. The topological polar surface area (TPSA) is 237 Å². The van der Waals surface area contributed by atoms with E-state index in [4.69, 9.17) is 37.0 Å². The Morgan fingerprint density at radius 3 is 0.772 bits per heavy atom. The van der Waals surface area contributed by atoms with Crippen LogP contribution in [-0.4, -0.2) is 96.7 Å². The summed E-state index contributed by atoms with van der Waals surface area (Å²) >= 11 is 0. The molecule has 0 radical (unpaired) electrons. The Morgan fingerprint density at radius 1 is 0.304 bits per heavy atom. The van der Waals surface area contributed by atoms with Crippen LogP contribution in [0.3, 0.4) is 0 Å². The molecule has 0 aromatic rings. The number of hydrogen-bond acceptors (Lipinski definition) is 15. The minimum atomic E-state index is -4.96. The van der Waals surface area contributed by atoms with Crippen molar-refractivity contribution in [1.82, 2.24) is 0 Å². The molecule has 19 heteroatoms. The smallest absolute Gasteiger partial charge is 0.462 e. The predicted molar refractivity (Wildman–Crippen MR) is 372 cm³/mol. The molecule has 0 aliphatic rings. The van der Waals surface area contributed by atoms with Gasteiger partial charge in [0.1, 0.15) is 19.3 Å². The minimum absolute atomic E-state index is 0.105. The third-order valence-corrected chi connectivity index (χ3v) is 19.1. The number of hydrogen-bond donors (Lipinski definition) is 3. The van der Waals surface area contributed by atoms with Crippen LogP contribution >= 0.6 is 15.6 Å². The Bertz CT molecular complexity index is 1820. The van der Waals surface area contributed by atoms with Gasteiger partial charge in [0.2, 0.25) is 0 Å². The summed E-state index contributed by atoms with van der Waals surface area (Å²) in [7, 11) is -9.91. The minimum Gasteiger partial charge on any atom is -0.462 e. The van der Waals surface area contributed by atoms with Gasteiger partial charge in [0.25, 0.3) is 0 Å². The SMILES string of the molecule is CCC(C)CCCCCCCCCCCCC(=O)O[C@H](COC(=O)CCCCCCCCCCCCCCC(C)C)COP(=O)(O)OCC(O)COP(=O)(O)OC[C@@H](COC(=O)CCCCCCCCCC(C)C)OC(=O)CCCCCCCCCCCCC(C)C. The van der Waals surface area contributed by atoms with Gasteiger partial charge in [0.05, 0.1) is 26.4 Å². The van der Waals surface area contributed by atoms with Crippen molar-refractivity contribution in [3.63, 3.8) is 0 Å². The Kier molecular flexibility index (Phi) is 61.3. The number of carbonyl (C=O) groups is 4. The van der Waals surface area contributed by atoms with Crippen LogP contribution in [0, 0.1) is 23.7 Å². The summed E-state index contributed by atoms with van der Waals surface area (Å²) in [5.41, 5.74) is 0. The van der Waals surface area contributed by atoms with E-state index in [1.165, 1.54) is 161 Å². The van der Waals surface area contributed by atoms with Gasteiger partial charge < -0.3 is 33.8 Å². The summed E-state index contributed by atoms with van der Waals surface area (Å²) in [6.45, 7) is 14.1. The molecule has 0 amide bonds. The molecular weight excluding hydrogens is 1210 g/mol. The lowest BCUT2D eigenvalue weighted by Gasteiger charge is -2.21. The average Bonchev–Trinajstić information content (AvgIpc) is 3.57. The second kappa shape index (κ2) is 62.6. The van der Waals surface area contributed by atoms with Crippen molar-refractivity contribution in [2.75, 3.05) is 39.6 Å². The van der Waals surface area contributed by atoms with Crippen molar-refractivity contribution in [3.8, 4) is 0 Å². The van der Waals surface area contributed by atoms with Gasteiger partial charge in [0.15, 0.2) is 12.2 Å². The van der Waals surface area contributed by atoms with E-state index in [1.54, 1.807) is 0 Å². The third-order valence-electron chi connectivity index (χ3n) is 17.2. The van der Waals surface area contributed by atoms with Crippen LogP contribution in [0.4, 0.5) is 0 Å². The molecule has 0 aliphatic carbocycles. The largest absolute Gasteiger partial charge is 0.472 e. The van der Waals surface area contributed by atoms with Crippen molar-refractivity contribution >= 4 is 39.5 Å². The zero-order valence-electron chi connectivity index (χ0n) is 60.2. The highest BCUT2D eigenvalue weighted by Gasteiger charge is 2.30. The zero-order valence-corrected chi connectivity index (χ0v) is 62.0. The molecule has 0 fully saturated rings. The highest BCUT2D eigenvalue weighted by atomic mass is 31.2. The van der Waals surface area contributed by atoms with Gasteiger partial charge in [-0.1, -0.05) is 312 Å². The zero-order chi connectivity index (χ0) is 68.2. The summed E-state index contributed by atoms with van der Waals surface area (Å²) < 4.78 is 68.4. The first-order valence-corrected chi connectivity index (χ1v) is 40.7. The summed E-state index contributed by atoms with van der Waals surface area (Å²) in [6.07, 6.45) is 45.8. The van der Waals surface area contributed by atoms with E-state index in [-0.39, 0.29) is 25.7 Å². The Balaban J connectivity index is 5.26. The molecule has 0 bridgehead atoms. The van der Waals surface area contributed by atoms with Crippen LogP contribution in [-0.2, 0) is 65.4 Å². The molecule has 0 heterocycles. The first kappa shape index (κ1) is 90.1. The van der Waals surface area contributed by atoms with Gasteiger partial charge in [-0.2, -0.15) is 0 Å².